The molecule has 2 aromatic heterocycles. The van der Waals surface area contributed by atoms with Gasteiger partial charge in [-0.25, -0.2) is 15.0 Å². The molecule has 0 aliphatic heterocycles. The molecular formula is C25H20BrClN4. The normalized spacial score (nSPS) is 12.0. The fraction of sp³-hybridized carbons (Fsp3) is 0.160. The van der Waals surface area contributed by atoms with Gasteiger partial charge in [-0.15, -0.1) is 0 Å². The Kier molecular flexibility index (Phi) is 4.83. The van der Waals surface area contributed by atoms with Crippen molar-refractivity contribution in [2.45, 2.75) is 26.2 Å². The van der Waals surface area contributed by atoms with E-state index < -0.39 is 0 Å². The minimum atomic E-state index is 0.0779. The maximum absolute atomic E-state index is 6.66. The van der Waals surface area contributed by atoms with Crippen molar-refractivity contribution in [3.8, 4) is 17.1 Å². The first-order valence-electron chi connectivity index (χ1n) is 10.0. The Hall–Kier alpha value is -2.76. The molecule has 0 radical (unpaired) electrons. The number of nitrogens with zero attached hydrogens (tertiary/aromatic N) is 4. The molecule has 3 aromatic carbocycles. The molecule has 0 saturated carbocycles. The number of hydrogen-bond acceptors (Lipinski definition) is 3. The highest BCUT2D eigenvalue weighted by molar-refractivity contribution is 9.10. The lowest BCUT2D eigenvalue weighted by Crippen LogP contribution is -2.10. The monoisotopic (exact) mass is 490 g/mol. The van der Waals surface area contributed by atoms with E-state index in [4.69, 9.17) is 26.6 Å². The van der Waals surface area contributed by atoms with Crippen LogP contribution in [0.1, 0.15) is 26.3 Å². The number of rotatable bonds is 2. The third-order valence-electron chi connectivity index (χ3n) is 5.33. The molecule has 6 heteroatoms. The van der Waals surface area contributed by atoms with Gasteiger partial charge in [-0.1, -0.05) is 84.7 Å². The van der Waals surface area contributed by atoms with Gasteiger partial charge in [0.05, 0.1) is 21.7 Å². The Morgan fingerprint density at radius 3 is 2.16 bits per heavy atom. The van der Waals surface area contributed by atoms with Gasteiger partial charge >= 0.3 is 0 Å². The summed E-state index contributed by atoms with van der Waals surface area (Å²) in [5.41, 5.74) is 6.04. The summed E-state index contributed by atoms with van der Waals surface area (Å²) in [5.74, 6) is 0.759. The van der Waals surface area contributed by atoms with Crippen molar-refractivity contribution in [1.29, 1.82) is 0 Å². The molecule has 0 spiro atoms. The third kappa shape index (κ3) is 3.62. The van der Waals surface area contributed by atoms with E-state index in [9.17, 15) is 0 Å². The summed E-state index contributed by atoms with van der Waals surface area (Å²) >= 11 is 10.2. The van der Waals surface area contributed by atoms with Crippen molar-refractivity contribution in [3.05, 3.63) is 81.8 Å². The average molecular weight is 492 g/mol. The Bertz CT molecular complexity index is 1430. The van der Waals surface area contributed by atoms with E-state index in [1.807, 2.05) is 47.0 Å². The molecule has 0 fully saturated rings. The smallest absolute Gasteiger partial charge is 0.199 e. The fourth-order valence-corrected chi connectivity index (χ4v) is 4.42. The Balaban J connectivity index is 1.81. The van der Waals surface area contributed by atoms with Crippen LogP contribution in [0.3, 0.4) is 0 Å². The first kappa shape index (κ1) is 20.2. The summed E-state index contributed by atoms with van der Waals surface area (Å²) in [6.07, 6.45) is 0. The maximum Gasteiger partial charge on any atom is 0.199 e. The zero-order valence-electron chi connectivity index (χ0n) is 17.4. The predicted octanol–water partition coefficient (Wildman–Crippen LogP) is 7.35. The number of fused-ring (bicyclic) bond motifs is 2. The van der Waals surface area contributed by atoms with Crippen LogP contribution in [-0.4, -0.2) is 19.5 Å². The van der Waals surface area contributed by atoms with Crippen LogP contribution in [0, 0.1) is 0 Å². The average Bonchev–Trinajstić information content (AvgIpc) is 3.09. The summed E-state index contributed by atoms with van der Waals surface area (Å²) in [6, 6.07) is 22.1. The van der Waals surface area contributed by atoms with Gasteiger partial charge in [-0.05, 0) is 41.3 Å². The molecule has 31 heavy (non-hydrogen) atoms. The first-order chi connectivity index (χ1) is 14.8. The SMILES string of the molecule is CC(C)(C)c1ccc(-c2nc3nc4ccccc4nc3n2-c2ccc(Br)cc2Cl)cc1. The van der Waals surface area contributed by atoms with Gasteiger partial charge in [-0.3, -0.25) is 4.57 Å². The zero-order valence-corrected chi connectivity index (χ0v) is 19.7. The van der Waals surface area contributed by atoms with E-state index >= 15 is 0 Å². The van der Waals surface area contributed by atoms with Gasteiger partial charge in [0, 0.05) is 10.0 Å². The molecule has 2 heterocycles. The van der Waals surface area contributed by atoms with Crippen molar-refractivity contribution in [1.82, 2.24) is 19.5 Å². The molecule has 4 nitrogen and oxygen atoms in total. The van der Waals surface area contributed by atoms with Crippen LogP contribution < -0.4 is 0 Å². The molecule has 0 saturated heterocycles. The van der Waals surface area contributed by atoms with Crippen LogP contribution in [0.4, 0.5) is 0 Å². The quantitative estimate of drug-likeness (QED) is 0.259. The highest BCUT2D eigenvalue weighted by atomic mass is 79.9. The zero-order chi connectivity index (χ0) is 21.8. The van der Waals surface area contributed by atoms with Crippen molar-refractivity contribution in [2.24, 2.45) is 0 Å². The van der Waals surface area contributed by atoms with E-state index in [-0.39, 0.29) is 5.41 Å². The van der Waals surface area contributed by atoms with E-state index in [0.29, 0.717) is 16.3 Å². The number of halogens is 2. The first-order valence-corrected chi connectivity index (χ1v) is 11.2. The van der Waals surface area contributed by atoms with Crippen molar-refractivity contribution in [3.63, 3.8) is 0 Å². The minimum Gasteiger partial charge on any atom is -0.274 e. The highest BCUT2D eigenvalue weighted by Gasteiger charge is 2.20. The molecule has 0 N–H and O–H groups in total. The Labute approximate surface area is 194 Å². The number of imidazole rings is 1. The lowest BCUT2D eigenvalue weighted by atomic mass is 9.87. The molecule has 0 amide bonds. The molecule has 0 atom stereocenters. The van der Waals surface area contributed by atoms with Crippen LogP contribution in [0.25, 0.3) is 39.4 Å². The van der Waals surface area contributed by atoms with Crippen LogP contribution in [-0.2, 0) is 5.41 Å². The lowest BCUT2D eigenvalue weighted by Gasteiger charge is -2.19. The summed E-state index contributed by atoms with van der Waals surface area (Å²) in [6.45, 7) is 6.62. The molecule has 5 rings (SSSR count). The van der Waals surface area contributed by atoms with Gasteiger partial charge in [0.1, 0.15) is 5.82 Å². The molecule has 154 valence electrons. The third-order valence-corrected chi connectivity index (χ3v) is 6.13. The van der Waals surface area contributed by atoms with E-state index in [0.717, 1.165) is 32.6 Å². The summed E-state index contributed by atoms with van der Waals surface area (Å²) in [5, 5.41) is 0.608. The van der Waals surface area contributed by atoms with Crippen LogP contribution in [0.5, 0.6) is 0 Å². The molecule has 0 aliphatic carbocycles. The summed E-state index contributed by atoms with van der Waals surface area (Å²) < 4.78 is 2.91. The maximum atomic E-state index is 6.66. The van der Waals surface area contributed by atoms with Crippen LogP contribution in [0.2, 0.25) is 5.02 Å². The van der Waals surface area contributed by atoms with Crippen LogP contribution in [0.15, 0.2) is 71.2 Å². The van der Waals surface area contributed by atoms with E-state index in [2.05, 4.69) is 61.0 Å². The van der Waals surface area contributed by atoms with Gasteiger partial charge < -0.3 is 0 Å². The second-order valence-corrected chi connectivity index (χ2v) is 9.88. The topological polar surface area (TPSA) is 43.6 Å². The second-order valence-electron chi connectivity index (χ2n) is 8.55. The summed E-state index contributed by atoms with van der Waals surface area (Å²) in [7, 11) is 0. The van der Waals surface area contributed by atoms with Gasteiger partial charge in [0.25, 0.3) is 0 Å². The summed E-state index contributed by atoms with van der Waals surface area (Å²) in [4.78, 5) is 14.5. The van der Waals surface area contributed by atoms with E-state index in [1.54, 1.807) is 0 Å². The molecule has 0 unspecified atom stereocenters. The number of benzene rings is 3. The number of para-hydroxylation sites is 2. The Morgan fingerprint density at radius 1 is 0.839 bits per heavy atom. The molecule has 0 aliphatic rings. The predicted molar refractivity (Wildman–Crippen MR) is 131 cm³/mol. The molecule has 0 bridgehead atoms. The lowest BCUT2D eigenvalue weighted by molar-refractivity contribution is 0.590. The van der Waals surface area contributed by atoms with Crippen molar-refractivity contribution in [2.75, 3.05) is 0 Å². The van der Waals surface area contributed by atoms with Crippen LogP contribution >= 0.6 is 27.5 Å². The fourth-order valence-electron chi connectivity index (χ4n) is 3.66. The molecular weight excluding hydrogens is 472 g/mol. The second kappa shape index (κ2) is 7.43. The highest BCUT2D eigenvalue weighted by Crippen LogP contribution is 2.33. The van der Waals surface area contributed by atoms with Gasteiger partial charge in [0.15, 0.2) is 11.3 Å². The minimum absolute atomic E-state index is 0.0779. The van der Waals surface area contributed by atoms with E-state index in [1.165, 1.54) is 5.56 Å². The molecule has 5 aromatic rings. The van der Waals surface area contributed by atoms with Crippen molar-refractivity contribution >= 4 is 49.9 Å². The van der Waals surface area contributed by atoms with Gasteiger partial charge in [-0.2, -0.15) is 0 Å². The van der Waals surface area contributed by atoms with Gasteiger partial charge in [0.2, 0.25) is 0 Å². The largest absolute Gasteiger partial charge is 0.274 e. The number of hydrogen-bond donors (Lipinski definition) is 0. The standard InChI is InChI=1S/C25H20BrClN4/c1-25(2,3)16-10-8-15(9-11-16)23-30-22-24(29-20-7-5-4-6-19(20)28-22)31(23)21-13-12-17(26)14-18(21)27/h4-14H,1-3H3. The van der Waals surface area contributed by atoms with Crippen molar-refractivity contribution < 1.29 is 0 Å². The Morgan fingerprint density at radius 2 is 1.52 bits per heavy atom. The number of aromatic nitrogens is 4.